The van der Waals surface area contributed by atoms with E-state index in [9.17, 15) is 88.7 Å². The summed E-state index contributed by atoms with van der Waals surface area (Å²) < 4.78 is 293. The molecule has 120 heavy (non-hydrogen) atoms. The van der Waals surface area contributed by atoms with Crippen LogP contribution in [0.3, 0.4) is 0 Å². The first-order valence-corrected chi connectivity index (χ1v) is 41.7. The van der Waals surface area contributed by atoms with Gasteiger partial charge in [0.2, 0.25) is 31.9 Å². The summed E-state index contributed by atoms with van der Waals surface area (Å²) >= 11 is 19.7. The number of carbonyl (C=O) groups is 2. The van der Waals surface area contributed by atoms with Gasteiger partial charge in [0.15, 0.2) is 11.6 Å². The Hall–Kier alpha value is -10.2. The van der Waals surface area contributed by atoms with Crippen LogP contribution in [0.5, 0.6) is 0 Å². The predicted octanol–water partition coefficient (Wildman–Crippen LogP) is 15.6. The lowest BCUT2D eigenvalue weighted by Crippen LogP contribution is -2.38. The predicted molar refractivity (Wildman–Crippen MR) is 408 cm³/mol. The van der Waals surface area contributed by atoms with Crippen molar-refractivity contribution in [2.45, 2.75) is 131 Å². The number of fused-ring (bicyclic) bond motifs is 10. The Kier molecular flexibility index (Phi) is 21.4. The van der Waals surface area contributed by atoms with E-state index in [2.05, 4.69) is 82.3 Å². The summed E-state index contributed by atoms with van der Waals surface area (Å²) in [6, 6.07) is 15.0. The van der Waals surface area contributed by atoms with E-state index in [1.807, 2.05) is 0 Å². The smallest absolute Gasteiger partial charge is 0.293 e. The van der Waals surface area contributed by atoms with Gasteiger partial charge in [0.25, 0.3) is 48.7 Å². The van der Waals surface area contributed by atoms with E-state index >= 15 is 17.6 Å². The highest BCUT2D eigenvalue weighted by Gasteiger charge is 2.68. The molecule has 0 radical (unpaired) electrons. The molecule has 6 heterocycles. The molecular formula is C74H54Br2Cl2F16N16O8S2. The molecule has 0 spiro atoms. The molecule has 630 valence electrons. The van der Waals surface area contributed by atoms with E-state index in [-0.39, 0.29) is 100 Å². The Labute approximate surface area is 690 Å². The van der Waals surface area contributed by atoms with Crippen LogP contribution in [0, 0.1) is 35.1 Å². The molecule has 6 aromatic heterocycles. The van der Waals surface area contributed by atoms with Gasteiger partial charge in [-0.15, -0.1) is 0 Å². The minimum absolute atomic E-state index is 0.00337. The number of aromatic nitrogens is 12. The standard InChI is InChI=1S/C38H28BrClF8N8O4S.C36H26BrClF8N8O4S/c39-16-1-4-20-24(10-16)50-36(56(37(20)58)26-6-5-23(40)30-32(26)54(13-27(43)44)52-35(30)53-61(59,60)19-2-3-19)25(9-15-7-17(41)11-18(42)8-15)49-28(57)14-55-33-29(31(51-55)34(45)46)21-12-22(21)38(33,47)48;1-59(57,58)51-33-28-21(38)4-5-24(30(28)52(50-33)12-25(41)42)54-34(48-22-9-15(37)2-3-18(22)35(54)56)23(8-14-6-16(39)10-17(40)7-14)47-26(55)13-53-31-27(29(49-53)32(43)44)19-11-20(19)36(31,45)46/h1,4-8,10-11,19,21-22,25,27,34H,2-3,9,12-14H2,(H,49,57)(H,52,53);2-7,9-10,19-20,23,25,32H,8,11-13H2,1H3,(H,47,55)(H,50,51)/t21-,22+,25-;19-,20+,23-/m00/s1. The zero-order valence-corrected chi connectivity index (χ0v) is 67.0. The van der Waals surface area contributed by atoms with E-state index in [0.717, 1.165) is 44.3 Å². The minimum Gasteiger partial charge on any atom is -0.344 e. The molecule has 2 amide bonds. The number of alkyl halides is 12. The normalized spacial score (nSPS) is 18.0. The van der Waals surface area contributed by atoms with Gasteiger partial charge in [0, 0.05) is 56.9 Å². The Morgan fingerprint density at radius 1 is 0.533 bits per heavy atom. The Balaban J connectivity index is 0.000000179. The van der Waals surface area contributed by atoms with Crippen molar-refractivity contribution in [1.82, 2.24) is 68.9 Å². The van der Waals surface area contributed by atoms with Crippen LogP contribution in [0.15, 0.2) is 116 Å². The number of amides is 2. The van der Waals surface area contributed by atoms with Crippen molar-refractivity contribution in [2.75, 3.05) is 15.7 Å². The number of nitrogens with one attached hydrogen (secondary N) is 4. The average Bonchev–Trinajstić information content (AvgIpc) is 1.52. The van der Waals surface area contributed by atoms with Crippen molar-refractivity contribution in [3.63, 3.8) is 0 Å². The van der Waals surface area contributed by atoms with Crippen molar-refractivity contribution < 1.29 is 96.7 Å². The number of hydrogen-bond acceptors (Lipinski definition) is 14. The minimum atomic E-state index is -4.10. The molecule has 46 heteroatoms. The SMILES string of the molecule is CS(=O)(=O)Nc1nn(CC(F)F)c2c(-n3c([C@H](Cc4cc(F)cc(F)c4)NC(=O)Cn4nc(C(F)F)c5c4C(F)(F)[C@@H]4C[C@H]54)nc4cc(Br)ccc4c3=O)ccc(Cl)c12.O=C(Cn1nc(C(F)F)c2c1C(F)(F)[C@@H]1C[C@H]21)N[C@@H](Cc1cc(F)cc(F)c1)c1nc2cc(Br)ccc2c(=O)n1-c1ccc(Cl)c2c(NS(=O)(=O)C3CC3)nn(CC(F)F)c12. The summed E-state index contributed by atoms with van der Waals surface area (Å²) in [5.74, 6) is -19.5. The maximum atomic E-state index is 15.5. The molecule has 6 aromatic carbocycles. The number of anilines is 2. The van der Waals surface area contributed by atoms with Gasteiger partial charge in [-0.3, -0.25) is 56.5 Å². The van der Waals surface area contributed by atoms with Gasteiger partial charge in [-0.05, 0) is 134 Å². The van der Waals surface area contributed by atoms with Crippen molar-refractivity contribution in [2.24, 2.45) is 11.8 Å². The van der Waals surface area contributed by atoms with Gasteiger partial charge in [0.1, 0.15) is 83.9 Å². The number of benzene rings is 6. The molecule has 6 atom stereocenters. The number of rotatable bonds is 25. The lowest BCUT2D eigenvalue weighted by molar-refractivity contribution is -0.123. The molecule has 0 saturated heterocycles. The van der Waals surface area contributed by atoms with E-state index < -0.39 is 230 Å². The monoisotopic (exact) mass is 1890 g/mol. The number of sulfonamides is 2. The van der Waals surface area contributed by atoms with Crippen LogP contribution in [0.4, 0.5) is 81.9 Å². The maximum absolute atomic E-state index is 15.5. The highest BCUT2D eigenvalue weighted by Crippen LogP contribution is 2.69. The molecule has 4 N–H and O–H groups in total. The van der Waals surface area contributed by atoms with Crippen LogP contribution in [0.2, 0.25) is 10.0 Å². The zero-order chi connectivity index (χ0) is 85.9. The summed E-state index contributed by atoms with van der Waals surface area (Å²) in [5, 5.41) is 19.0. The van der Waals surface area contributed by atoms with Gasteiger partial charge in [-0.25, -0.2) is 79.5 Å². The molecule has 12 aromatic rings. The third-order valence-electron chi connectivity index (χ3n) is 20.9. The van der Waals surface area contributed by atoms with Gasteiger partial charge in [0.05, 0.1) is 88.6 Å². The second-order valence-corrected chi connectivity index (χ2v) is 35.6. The number of halogens is 20. The van der Waals surface area contributed by atoms with Crippen LogP contribution < -0.4 is 31.2 Å². The van der Waals surface area contributed by atoms with Crippen molar-refractivity contribution in [3.8, 4) is 11.4 Å². The van der Waals surface area contributed by atoms with Gasteiger partial charge in [-0.2, -0.15) is 38.0 Å². The van der Waals surface area contributed by atoms with E-state index in [1.54, 1.807) is 0 Å². The average molecular weight is 1890 g/mol. The van der Waals surface area contributed by atoms with Crippen LogP contribution in [0.25, 0.3) is 55.0 Å². The Morgan fingerprint density at radius 3 is 1.27 bits per heavy atom. The molecule has 17 rings (SSSR count). The van der Waals surface area contributed by atoms with Crippen molar-refractivity contribution in [3.05, 3.63) is 217 Å². The highest BCUT2D eigenvalue weighted by atomic mass is 79.9. The first kappa shape index (κ1) is 83.5. The molecule has 3 saturated carbocycles. The third-order valence-corrected chi connectivity index (χ3v) is 24.9. The fourth-order valence-corrected chi connectivity index (χ4v) is 18.9. The number of hydrogen-bond donors (Lipinski definition) is 4. The number of carbonyl (C=O) groups excluding carboxylic acids is 2. The summed E-state index contributed by atoms with van der Waals surface area (Å²) in [6.45, 7) is -4.36. The van der Waals surface area contributed by atoms with Crippen LogP contribution in [-0.4, -0.2) is 111 Å². The van der Waals surface area contributed by atoms with Crippen molar-refractivity contribution >= 4 is 142 Å². The summed E-state index contributed by atoms with van der Waals surface area (Å²) in [6.07, 6.45) is -12.4. The lowest BCUT2D eigenvalue weighted by Gasteiger charge is -2.24. The van der Waals surface area contributed by atoms with Crippen LogP contribution >= 0.6 is 55.1 Å². The topological polar surface area (TPSA) is 292 Å². The highest BCUT2D eigenvalue weighted by molar-refractivity contribution is 9.10. The van der Waals surface area contributed by atoms with E-state index in [0.29, 0.717) is 48.0 Å². The van der Waals surface area contributed by atoms with Crippen molar-refractivity contribution in [1.29, 1.82) is 0 Å². The fraction of sp³-hybridized carbons (Fsp3) is 0.324. The van der Waals surface area contributed by atoms with E-state index in [1.165, 1.54) is 60.7 Å². The van der Waals surface area contributed by atoms with Crippen LogP contribution in [-0.2, 0) is 80.5 Å². The number of nitrogens with zero attached hydrogens (tertiary/aromatic N) is 12. The summed E-state index contributed by atoms with van der Waals surface area (Å²) in [5.41, 5.74) is -7.21. The largest absolute Gasteiger partial charge is 0.344 e. The van der Waals surface area contributed by atoms with Gasteiger partial charge >= 0.3 is 0 Å². The Morgan fingerprint density at radius 2 is 0.917 bits per heavy atom. The third kappa shape index (κ3) is 15.6. The van der Waals surface area contributed by atoms with Crippen LogP contribution in [0.1, 0.15) is 119 Å². The van der Waals surface area contributed by atoms with Gasteiger partial charge < -0.3 is 10.6 Å². The Bertz CT molecular complexity index is 6650. The quantitative estimate of drug-likeness (QED) is 0.0387. The second-order valence-electron chi connectivity index (χ2n) is 29.2. The summed E-state index contributed by atoms with van der Waals surface area (Å²) in [4.78, 5) is 66.8. The maximum Gasteiger partial charge on any atom is 0.293 e. The fourth-order valence-electron chi connectivity index (χ4n) is 15.9. The first-order chi connectivity index (χ1) is 56.5. The molecule has 0 aliphatic heterocycles. The second kappa shape index (κ2) is 30.8. The molecular weight excluding hydrogens is 1840 g/mol. The molecule has 3 fully saturated rings. The first-order valence-electron chi connectivity index (χ1n) is 36.0. The molecule has 24 nitrogen and oxygen atoms in total. The lowest BCUT2D eigenvalue weighted by atomic mass is 10.0. The molecule has 0 unspecified atom stereocenters. The molecule has 5 aliphatic carbocycles. The molecule has 0 bridgehead atoms. The van der Waals surface area contributed by atoms with E-state index in [4.69, 9.17) is 23.2 Å². The summed E-state index contributed by atoms with van der Waals surface area (Å²) in [7, 11) is -8.16. The zero-order valence-electron chi connectivity index (χ0n) is 60.7. The molecule has 5 aliphatic rings. The van der Waals surface area contributed by atoms with Gasteiger partial charge in [-0.1, -0.05) is 55.1 Å².